The number of aromatic nitrogens is 2. The van der Waals surface area contributed by atoms with E-state index in [2.05, 4.69) is 20.0 Å². The topological polar surface area (TPSA) is 97.6 Å². The number of nitrogens with one attached hydrogen (secondary N) is 1. The van der Waals surface area contributed by atoms with Crippen molar-refractivity contribution in [2.24, 2.45) is 5.92 Å². The number of hydrogen-bond donors (Lipinski definition) is 1. The molecule has 1 saturated carbocycles. The maximum absolute atomic E-state index is 13.2. The summed E-state index contributed by atoms with van der Waals surface area (Å²) in [5.41, 5.74) is 1.07. The van der Waals surface area contributed by atoms with Gasteiger partial charge in [-0.15, -0.1) is 0 Å². The molecule has 3 atom stereocenters. The monoisotopic (exact) mass is 472 g/mol. The van der Waals surface area contributed by atoms with E-state index >= 15 is 0 Å². The van der Waals surface area contributed by atoms with E-state index < -0.39 is 54.2 Å². The van der Waals surface area contributed by atoms with Crippen LogP contribution in [-0.2, 0) is 22.3 Å². The molecule has 3 heterocycles. The summed E-state index contributed by atoms with van der Waals surface area (Å²) in [5.74, 6) is -7.35. The van der Waals surface area contributed by atoms with E-state index in [1.165, 1.54) is 17.0 Å². The second-order valence-corrected chi connectivity index (χ2v) is 8.29. The van der Waals surface area contributed by atoms with E-state index in [1.54, 1.807) is 6.07 Å². The zero-order chi connectivity index (χ0) is 23.5. The molecule has 3 aliphatic rings. The minimum Gasteiger partial charge on any atom is -0.379 e. The molecule has 8 nitrogen and oxygen atoms in total. The Hall–Kier alpha value is -3.09. The molecule has 176 valence electrons. The Balaban J connectivity index is 1.34. The molecule has 1 aliphatic carbocycles. The highest BCUT2D eigenvalue weighted by Crippen LogP contribution is 2.48. The molecule has 0 unspecified atom stereocenters. The first-order valence-corrected chi connectivity index (χ1v) is 10.2. The van der Waals surface area contributed by atoms with Crippen molar-refractivity contribution < 1.29 is 40.8 Å². The minimum atomic E-state index is -4.79. The van der Waals surface area contributed by atoms with Gasteiger partial charge in [-0.2, -0.15) is 18.2 Å². The third-order valence-corrected chi connectivity index (χ3v) is 6.06. The Kier molecular flexibility index (Phi) is 4.92. The molecule has 13 heteroatoms. The maximum Gasteiger partial charge on any atom is 0.471 e. The fourth-order valence-electron chi connectivity index (χ4n) is 4.20. The summed E-state index contributed by atoms with van der Waals surface area (Å²) in [6.45, 7) is 0.597. The van der Waals surface area contributed by atoms with Crippen LogP contribution in [-0.4, -0.2) is 58.1 Å². The third-order valence-electron chi connectivity index (χ3n) is 6.06. The van der Waals surface area contributed by atoms with Gasteiger partial charge >= 0.3 is 12.1 Å². The number of benzene rings is 1. The molecule has 1 aromatic heterocycles. The van der Waals surface area contributed by atoms with Crippen molar-refractivity contribution in [3.63, 3.8) is 0 Å². The standard InChI is InChI=1S/C20H17F5N4O4/c21-19(22)6-12(19)16(30)26-13-8-32-4-3-14(13)29-7-10-2-1-9(5-11(10)17(29)31)15-27-18(33-28-15)20(23,24)25/h1-2,5,12-14H,3-4,6-8H2,(H,26,30)/t12-,13-,14-/m0/s1. The molecule has 2 aliphatic heterocycles. The predicted molar refractivity (Wildman–Crippen MR) is 98.8 cm³/mol. The molecule has 0 spiro atoms. The fourth-order valence-corrected chi connectivity index (χ4v) is 4.20. The van der Waals surface area contributed by atoms with Crippen molar-refractivity contribution in [3.8, 4) is 11.4 Å². The van der Waals surface area contributed by atoms with Gasteiger partial charge in [0, 0.05) is 30.7 Å². The van der Waals surface area contributed by atoms with Crippen molar-refractivity contribution in [3.05, 3.63) is 35.2 Å². The Morgan fingerprint density at radius 1 is 1.27 bits per heavy atom. The van der Waals surface area contributed by atoms with Crippen LogP contribution < -0.4 is 5.32 Å². The molecule has 1 aromatic carbocycles. The van der Waals surface area contributed by atoms with Crippen LogP contribution in [0, 0.1) is 5.92 Å². The van der Waals surface area contributed by atoms with Crippen LogP contribution in [0.1, 0.15) is 34.7 Å². The molecular formula is C20H17F5N4O4. The highest BCUT2D eigenvalue weighted by molar-refractivity contribution is 5.99. The summed E-state index contributed by atoms with van der Waals surface area (Å²) in [7, 11) is 0. The molecule has 0 radical (unpaired) electrons. The second-order valence-electron chi connectivity index (χ2n) is 8.29. The van der Waals surface area contributed by atoms with Crippen molar-refractivity contribution in [2.75, 3.05) is 13.2 Å². The molecule has 1 saturated heterocycles. The van der Waals surface area contributed by atoms with E-state index in [4.69, 9.17) is 4.74 Å². The van der Waals surface area contributed by atoms with Gasteiger partial charge in [-0.1, -0.05) is 17.3 Å². The van der Waals surface area contributed by atoms with Gasteiger partial charge < -0.3 is 19.5 Å². The highest BCUT2D eigenvalue weighted by atomic mass is 19.4. The lowest BCUT2D eigenvalue weighted by molar-refractivity contribution is -0.159. The number of carbonyl (C=O) groups excluding carboxylic acids is 2. The Morgan fingerprint density at radius 3 is 2.70 bits per heavy atom. The number of rotatable bonds is 4. The lowest BCUT2D eigenvalue weighted by Gasteiger charge is -2.38. The highest BCUT2D eigenvalue weighted by Gasteiger charge is 2.61. The van der Waals surface area contributed by atoms with Gasteiger partial charge in [-0.25, -0.2) is 8.78 Å². The summed E-state index contributed by atoms with van der Waals surface area (Å²) in [5, 5.41) is 5.92. The van der Waals surface area contributed by atoms with Crippen LogP contribution in [0.15, 0.2) is 22.7 Å². The lowest BCUT2D eigenvalue weighted by Crippen LogP contribution is -2.57. The van der Waals surface area contributed by atoms with E-state index in [-0.39, 0.29) is 30.1 Å². The van der Waals surface area contributed by atoms with Crippen LogP contribution in [0.5, 0.6) is 0 Å². The predicted octanol–water partition coefficient (Wildman–Crippen LogP) is 2.64. The van der Waals surface area contributed by atoms with Gasteiger partial charge in [0.25, 0.3) is 11.8 Å². The van der Waals surface area contributed by atoms with Gasteiger partial charge in [-0.3, -0.25) is 9.59 Å². The molecule has 2 amide bonds. The summed E-state index contributed by atoms with van der Waals surface area (Å²) in [6, 6.07) is 3.32. The van der Waals surface area contributed by atoms with Crippen LogP contribution >= 0.6 is 0 Å². The maximum atomic E-state index is 13.2. The fraction of sp³-hybridized carbons (Fsp3) is 0.500. The summed E-state index contributed by atoms with van der Waals surface area (Å²) in [6.07, 6.45) is -4.90. The van der Waals surface area contributed by atoms with Crippen molar-refractivity contribution in [2.45, 2.75) is 43.6 Å². The number of carbonyl (C=O) groups is 2. The van der Waals surface area contributed by atoms with Crippen LogP contribution in [0.4, 0.5) is 22.0 Å². The summed E-state index contributed by atoms with van der Waals surface area (Å²) < 4.78 is 74.4. The Labute approximate surface area is 183 Å². The van der Waals surface area contributed by atoms with Gasteiger partial charge in [0.05, 0.1) is 18.7 Å². The SMILES string of the molecule is O=C(N[C@H]1COCC[C@@H]1N1Cc2ccc(-c3noc(C(F)(F)F)n3)cc2C1=O)[C@@H]1CC1(F)F. The number of alkyl halides is 5. The second kappa shape index (κ2) is 7.47. The minimum absolute atomic E-state index is 0.0726. The zero-order valence-corrected chi connectivity index (χ0v) is 16.9. The third kappa shape index (κ3) is 3.94. The largest absolute Gasteiger partial charge is 0.471 e. The first-order valence-electron chi connectivity index (χ1n) is 10.2. The number of nitrogens with zero attached hydrogens (tertiary/aromatic N) is 3. The Morgan fingerprint density at radius 2 is 2.03 bits per heavy atom. The van der Waals surface area contributed by atoms with Crippen molar-refractivity contribution >= 4 is 11.8 Å². The van der Waals surface area contributed by atoms with E-state index in [0.29, 0.717) is 18.6 Å². The average molecular weight is 472 g/mol. The number of fused-ring (bicyclic) bond motifs is 1. The summed E-state index contributed by atoms with van der Waals surface area (Å²) in [4.78, 5) is 30.2. The molecule has 33 heavy (non-hydrogen) atoms. The van der Waals surface area contributed by atoms with E-state index in [9.17, 15) is 31.5 Å². The van der Waals surface area contributed by atoms with Gasteiger partial charge in [0.15, 0.2) is 0 Å². The van der Waals surface area contributed by atoms with Crippen LogP contribution in [0.3, 0.4) is 0 Å². The van der Waals surface area contributed by atoms with Crippen LogP contribution in [0.25, 0.3) is 11.4 Å². The first kappa shape index (κ1) is 21.7. The normalized spacial score (nSPS) is 26.3. The number of halogens is 5. The van der Waals surface area contributed by atoms with Crippen molar-refractivity contribution in [1.29, 1.82) is 0 Å². The molecule has 0 bridgehead atoms. The lowest BCUT2D eigenvalue weighted by atomic mass is 10.0. The summed E-state index contributed by atoms with van der Waals surface area (Å²) >= 11 is 0. The van der Waals surface area contributed by atoms with Gasteiger partial charge in [-0.05, 0) is 18.1 Å². The smallest absolute Gasteiger partial charge is 0.379 e. The molecule has 1 N–H and O–H groups in total. The molecule has 2 aromatic rings. The van der Waals surface area contributed by atoms with E-state index in [1.807, 2.05) is 0 Å². The average Bonchev–Trinajstić information content (AvgIpc) is 3.09. The molecule has 2 fully saturated rings. The van der Waals surface area contributed by atoms with Gasteiger partial charge in [0.1, 0.15) is 5.92 Å². The van der Waals surface area contributed by atoms with Crippen molar-refractivity contribution in [1.82, 2.24) is 20.4 Å². The number of ether oxygens (including phenoxy) is 1. The van der Waals surface area contributed by atoms with Crippen LogP contribution in [0.2, 0.25) is 0 Å². The Bertz CT molecular complexity index is 1120. The zero-order valence-electron chi connectivity index (χ0n) is 16.9. The van der Waals surface area contributed by atoms with E-state index in [0.717, 1.165) is 0 Å². The quantitative estimate of drug-likeness (QED) is 0.688. The number of amides is 2. The number of hydrogen-bond acceptors (Lipinski definition) is 6. The molecular weight excluding hydrogens is 455 g/mol. The van der Waals surface area contributed by atoms with Gasteiger partial charge in [0.2, 0.25) is 11.7 Å². The molecule has 5 rings (SSSR count). The first-order chi connectivity index (χ1) is 15.5.